The maximum Gasteiger partial charge on any atom is 0.0962 e. The van der Waals surface area contributed by atoms with E-state index in [4.69, 9.17) is 0 Å². The van der Waals surface area contributed by atoms with Crippen molar-refractivity contribution in [2.75, 3.05) is 0 Å². The molecule has 1 saturated carbocycles. The van der Waals surface area contributed by atoms with Gasteiger partial charge >= 0.3 is 0 Å². The second-order valence-corrected chi connectivity index (χ2v) is 4.51. The fraction of sp³-hybridized carbons (Fsp3) is 0.615. The van der Waals surface area contributed by atoms with Gasteiger partial charge in [0.2, 0.25) is 0 Å². The largest absolute Gasteiger partial charge is 0.387 e. The van der Waals surface area contributed by atoms with Gasteiger partial charge in [0, 0.05) is 6.20 Å². The van der Waals surface area contributed by atoms with Crippen LogP contribution in [0, 0.1) is 5.92 Å². The van der Waals surface area contributed by atoms with Crippen molar-refractivity contribution >= 4 is 0 Å². The average Bonchev–Trinajstić information content (AvgIpc) is 2.31. The Hall–Kier alpha value is -0.890. The molecule has 2 rings (SSSR count). The zero-order chi connectivity index (χ0) is 10.5. The molecule has 0 bridgehead atoms. The Bertz CT molecular complexity index is 280. The summed E-state index contributed by atoms with van der Waals surface area (Å²) in [5.74, 6) is 0.704. The molecule has 1 aromatic heterocycles. The minimum atomic E-state index is -0.366. The highest BCUT2D eigenvalue weighted by atomic mass is 16.3. The van der Waals surface area contributed by atoms with E-state index in [1.807, 2.05) is 18.2 Å². The highest BCUT2D eigenvalue weighted by Gasteiger charge is 2.18. The van der Waals surface area contributed by atoms with Gasteiger partial charge in [-0.25, -0.2) is 0 Å². The van der Waals surface area contributed by atoms with Crippen LogP contribution in [0.2, 0.25) is 0 Å². The first-order valence-corrected chi connectivity index (χ1v) is 5.95. The highest BCUT2D eigenvalue weighted by molar-refractivity contribution is 5.06. The summed E-state index contributed by atoms with van der Waals surface area (Å²) in [4.78, 5) is 4.19. The van der Waals surface area contributed by atoms with E-state index in [9.17, 15) is 5.11 Å². The van der Waals surface area contributed by atoms with E-state index in [-0.39, 0.29) is 6.10 Å². The molecule has 2 nitrogen and oxygen atoms in total. The molecular weight excluding hydrogens is 186 g/mol. The van der Waals surface area contributed by atoms with E-state index in [1.165, 1.54) is 32.1 Å². The number of nitrogens with zero attached hydrogens (tertiary/aromatic N) is 1. The molecule has 0 spiro atoms. The van der Waals surface area contributed by atoms with Crippen molar-refractivity contribution in [3.05, 3.63) is 30.1 Å². The molecule has 0 unspecified atom stereocenters. The summed E-state index contributed by atoms with van der Waals surface area (Å²) in [5.41, 5.74) is 0.822. The predicted molar refractivity (Wildman–Crippen MR) is 60.4 cm³/mol. The molecule has 15 heavy (non-hydrogen) atoms. The number of rotatable bonds is 3. The zero-order valence-electron chi connectivity index (χ0n) is 9.10. The Morgan fingerprint density at radius 2 is 2.07 bits per heavy atom. The molecule has 1 aliphatic rings. The Kier molecular flexibility index (Phi) is 3.73. The van der Waals surface area contributed by atoms with Crippen LogP contribution >= 0.6 is 0 Å². The molecule has 1 aliphatic carbocycles. The van der Waals surface area contributed by atoms with Crippen LogP contribution < -0.4 is 0 Å². The minimum Gasteiger partial charge on any atom is -0.387 e. The van der Waals surface area contributed by atoms with Crippen molar-refractivity contribution < 1.29 is 5.11 Å². The van der Waals surface area contributed by atoms with Gasteiger partial charge in [0.25, 0.3) is 0 Å². The smallest absolute Gasteiger partial charge is 0.0962 e. The molecule has 1 atom stereocenters. The topological polar surface area (TPSA) is 33.1 Å². The molecule has 1 heterocycles. The van der Waals surface area contributed by atoms with Crippen LogP contribution in [-0.2, 0) is 0 Å². The van der Waals surface area contributed by atoms with Gasteiger partial charge in [0.15, 0.2) is 0 Å². The normalized spacial score (nSPS) is 20.1. The molecule has 1 N–H and O–H groups in total. The Labute approximate surface area is 91.4 Å². The monoisotopic (exact) mass is 205 g/mol. The first-order valence-electron chi connectivity index (χ1n) is 5.95. The Morgan fingerprint density at radius 1 is 1.27 bits per heavy atom. The highest BCUT2D eigenvalue weighted by Crippen LogP contribution is 2.31. The summed E-state index contributed by atoms with van der Waals surface area (Å²) in [6.45, 7) is 0. The van der Waals surface area contributed by atoms with E-state index in [1.54, 1.807) is 6.20 Å². The first-order chi connectivity index (χ1) is 7.36. The van der Waals surface area contributed by atoms with Crippen LogP contribution in [0.1, 0.15) is 50.3 Å². The second kappa shape index (κ2) is 5.26. The number of aliphatic hydroxyl groups is 1. The predicted octanol–water partition coefficient (Wildman–Crippen LogP) is 3.09. The summed E-state index contributed by atoms with van der Waals surface area (Å²) >= 11 is 0. The number of aromatic nitrogens is 1. The lowest BCUT2D eigenvalue weighted by Gasteiger charge is -2.23. The SMILES string of the molecule is O[C@H](CC1CCCCC1)c1ccccn1. The molecular formula is C13H19NO. The lowest BCUT2D eigenvalue weighted by molar-refractivity contribution is 0.127. The average molecular weight is 205 g/mol. The van der Waals surface area contributed by atoms with Crippen molar-refractivity contribution in [2.45, 2.75) is 44.6 Å². The van der Waals surface area contributed by atoms with E-state index in [2.05, 4.69) is 4.98 Å². The van der Waals surface area contributed by atoms with Gasteiger partial charge < -0.3 is 5.11 Å². The zero-order valence-corrected chi connectivity index (χ0v) is 9.10. The van der Waals surface area contributed by atoms with Gasteiger partial charge in [0.1, 0.15) is 0 Å². The van der Waals surface area contributed by atoms with Crippen molar-refractivity contribution in [3.8, 4) is 0 Å². The molecule has 0 aromatic carbocycles. The van der Waals surface area contributed by atoms with Crippen LogP contribution in [-0.4, -0.2) is 10.1 Å². The quantitative estimate of drug-likeness (QED) is 0.822. The van der Waals surface area contributed by atoms with Gasteiger partial charge in [-0.3, -0.25) is 4.98 Å². The van der Waals surface area contributed by atoms with Crippen LogP contribution in [0.4, 0.5) is 0 Å². The molecule has 82 valence electrons. The Balaban J connectivity index is 1.88. The molecule has 0 radical (unpaired) electrons. The van der Waals surface area contributed by atoms with Gasteiger partial charge in [-0.1, -0.05) is 38.2 Å². The third-order valence-corrected chi connectivity index (χ3v) is 3.31. The molecule has 2 heteroatoms. The standard InChI is InChI=1S/C13H19NO/c15-13(12-8-4-5-9-14-12)10-11-6-2-1-3-7-11/h4-5,8-9,11,13,15H,1-3,6-7,10H2/t13-/m1/s1. The summed E-state index contributed by atoms with van der Waals surface area (Å²) in [6.07, 6.45) is 8.87. The molecule has 1 aromatic rings. The molecule has 0 saturated heterocycles. The summed E-state index contributed by atoms with van der Waals surface area (Å²) < 4.78 is 0. The van der Waals surface area contributed by atoms with Crippen molar-refractivity contribution in [1.29, 1.82) is 0 Å². The summed E-state index contributed by atoms with van der Waals surface area (Å²) in [5, 5.41) is 10.0. The van der Waals surface area contributed by atoms with Crippen molar-refractivity contribution in [3.63, 3.8) is 0 Å². The lowest BCUT2D eigenvalue weighted by Crippen LogP contribution is -2.11. The molecule has 0 amide bonds. The van der Waals surface area contributed by atoms with Crippen LogP contribution in [0.5, 0.6) is 0 Å². The third kappa shape index (κ3) is 3.03. The van der Waals surface area contributed by atoms with Gasteiger partial charge in [0.05, 0.1) is 11.8 Å². The van der Waals surface area contributed by atoms with Crippen LogP contribution in [0.3, 0.4) is 0 Å². The van der Waals surface area contributed by atoms with Crippen molar-refractivity contribution in [1.82, 2.24) is 4.98 Å². The summed E-state index contributed by atoms with van der Waals surface area (Å²) in [6, 6.07) is 5.73. The lowest BCUT2D eigenvalue weighted by atomic mass is 9.85. The second-order valence-electron chi connectivity index (χ2n) is 4.51. The van der Waals surface area contributed by atoms with E-state index < -0.39 is 0 Å². The van der Waals surface area contributed by atoms with E-state index >= 15 is 0 Å². The van der Waals surface area contributed by atoms with Gasteiger partial charge in [-0.2, -0.15) is 0 Å². The maximum absolute atomic E-state index is 10.0. The number of aliphatic hydroxyl groups excluding tert-OH is 1. The fourth-order valence-corrected chi connectivity index (χ4v) is 2.43. The number of hydrogen-bond donors (Lipinski definition) is 1. The van der Waals surface area contributed by atoms with Crippen molar-refractivity contribution in [2.24, 2.45) is 5.92 Å². The number of hydrogen-bond acceptors (Lipinski definition) is 2. The Morgan fingerprint density at radius 3 is 2.73 bits per heavy atom. The number of pyridine rings is 1. The van der Waals surface area contributed by atoms with E-state index in [0.717, 1.165) is 12.1 Å². The molecule has 0 aliphatic heterocycles. The van der Waals surface area contributed by atoms with Gasteiger partial charge in [-0.05, 0) is 24.5 Å². The van der Waals surface area contributed by atoms with Crippen LogP contribution in [0.25, 0.3) is 0 Å². The third-order valence-electron chi connectivity index (χ3n) is 3.31. The maximum atomic E-state index is 10.0. The first kappa shape index (κ1) is 10.6. The molecule has 1 fully saturated rings. The van der Waals surface area contributed by atoms with Crippen LogP contribution in [0.15, 0.2) is 24.4 Å². The minimum absolute atomic E-state index is 0.366. The summed E-state index contributed by atoms with van der Waals surface area (Å²) in [7, 11) is 0. The fourth-order valence-electron chi connectivity index (χ4n) is 2.43. The van der Waals surface area contributed by atoms with E-state index in [0.29, 0.717) is 5.92 Å². The van der Waals surface area contributed by atoms with Gasteiger partial charge in [-0.15, -0.1) is 0 Å².